The molecule has 0 aliphatic rings. The van der Waals surface area contributed by atoms with E-state index in [0.717, 1.165) is 0 Å². The zero-order valence-electron chi connectivity index (χ0n) is 14.5. The summed E-state index contributed by atoms with van der Waals surface area (Å²) in [5.41, 5.74) is 3.70. The fourth-order valence-electron chi connectivity index (χ4n) is 2.00. The maximum Gasteiger partial charge on any atom is 0.282 e. The molecule has 2 rings (SSSR count). The predicted octanol–water partition coefficient (Wildman–Crippen LogP) is 1.22. The molecule has 0 aliphatic carbocycles. The monoisotopic (exact) mass is 419 g/mol. The molecular weight excluding hydrogens is 406 g/mol. The molecule has 0 unspecified atom stereocenters. The number of hydrazine groups is 1. The van der Waals surface area contributed by atoms with E-state index in [0.29, 0.717) is 0 Å². The third-order valence-corrected chi connectivity index (χ3v) is 3.51. The molecular formula is C16H13N5O7S. The lowest BCUT2D eigenvalue weighted by atomic mass is 10.1. The van der Waals surface area contributed by atoms with E-state index in [2.05, 4.69) is 16.2 Å². The Morgan fingerprint density at radius 3 is 2.24 bits per heavy atom. The van der Waals surface area contributed by atoms with Crippen molar-refractivity contribution in [2.75, 3.05) is 6.61 Å². The summed E-state index contributed by atoms with van der Waals surface area (Å²) in [5, 5.41) is 23.4. The van der Waals surface area contributed by atoms with Gasteiger partial charge in [-0.05, 0) is 30.4 Å². The number of non-ortho nitro benzene ring substituents is 1. The molecule has 0 bridgehead atoms. The van der Waals surface area contributed by atoms with E-state index in [9.17, 15) is 29.8 Å². The van der Waals surface area contributed by atoms with Crippen molar-refractivity contribution in [1.82, 2.24) is 16.2 Å². The summed E-state index contributed by atoms with van der Waals surface area (Å²) in [6, 6.07) is 10.4. The number of hydrogen-bond acceptors (Lipinski definition) is 8. The minimum atomic E-state index is -0.828. The molecule has 0 heterocycles. The van der Waals surface area contributed by atoms with Gasteiger partial charge in [-0.1, -0.05) is 12.1 Å². The average Bonchev–Trinajstić information content (AvgIpc) is 2.70. The Kier molecular flexibility index (Phi) is 7.08. The fraction of sp³-hybridized carbons (Fsp3) is 0.0625. The van der Waals surface area contributed by atoms with Crippen LogP contribution in [0.5, 0.6) is 5.75 Å². The quantitative estimate of drug-likeness (QED) is 0.354. The number of carbonyl (C=O) groups is 2. The summed E-state index contributed by atoms with van der Waals surface area (Å²) < 4.78 is 5.15. The molecule has 12 nitrogen and oxygen atoms in total. The van der Waals surface area contributed by atoms with Crippen LogP contribution in [0.4, 0.5) is 11.4 Å². The van der Waals surface area contributed by atoms with E-state index >= 15 is 0 Å². The first-order chi connectivity index (χ1) is 13.8. The van der Waals surface area contributed by atoms with Crippen LogP contribution in [-0.2, 0) is 4.79 Å². The van der Waals surface area contributed by atoms with Crippen LogP contribution in [0.25, 0.3) is 0 Å². The van der Waals surface area contributed by atoms with Crippen molar-refractivity contribution in [3.8, 4) is 5.75 Å². The molecule has 29 heavy (non-hydrogen) atoms. The van der Waals surface area contributed by atoms with Gasteiger partial charge in [-0.25, -0.2) is 0 Å². The zero-order chi connectivity index (χ0) is 21.4. The van der Waals surface area contributed by atoms with Gasteiger partial charge in [-0.15, -0.1) is 0 Å². The van der Waals surface area contributed by atoms with Gasteiger partial charge in [0.2, 0.25) is 0 Å². The van der Waals surface area contributed by atoms with E-state index in [-0.39, 0.29) is 22.1 Å². The van der Waals surface area contributed by atoms with Crippen molar-refractivity contribution < 1.29 is 24.2 Å². The first-order valence-corrected chi connectivity index (χ1v) is 8.19. The second kappa shape index (κ2) is 9.70. The molecule has 0 fully saturated rings. The standard InChI is InChI=1S/C16H13N5O7S/c22-14(9-28-11-7-5-10(6-8-11)20(24)25)18-19-16(29)17-15(23)12-3-1-2-4-13(12)21(26)27/h1-8H,9H2,(H,18,22)(H2,17,19,23,29). The lowest BCUT2D eigenvalue weighted by molar-refractivity contribution is -0.385. The summed E-state index contributed by atoms with van der Waals surface area (Å²) in [7, 11) is 0. The van der Waals surface area contributed by atoms with Crippen LogP contribution >= 0.6 is 12.2 Å². The Morgan fingerprint density at radius 1 is 0.966 bits per heavy atom. The Hall–Kier alpha value is -4.13. The highest BCUT2D eigenvalue weighted by Crippen LogP contribution is 2.18. The molecule has 0 saturated carbocycles. The number of para-hydroxylation sites is 1. The number of ether oxygens (including phenoxy) is 1. The molecule has 0 aromatic heterocycles. The van der Waals surface area contributed by atoms with Crippen molar-refractivity contribution >= 4 is 40.5 Å². The first kappa shape index (κ1) is 21.2. The van der Waals surface area contributed by atoms with E-state index in [1.54, 1.807) is 0 Å². The fourth-order valence-corrected chi connectivity index (χ4v) is 2.15. The van der Waals surface area contributed by atoms with Crippen LogP contribution < -0.4 is 20.9 Å². The second-order valence-electron chi connectivity index (χ2n) is 5.27. The number of benzene rings is 2. The van der Waals surface area contributed by atoms with Gasteiger partial charge >= 0.3 is 0 Å². The summed E-state index contributed by atoms with van der Waals surface area (Å²) in [6.45, 7) is -0.439. The number of nitro benzene ring substituents is 2. The number of hydrogen-bond donors (Lipinski definition) is 3. The largest absolute Gasteiger partial charge is 0.484 e. The van der Waals surface area contributed by atoms with Crippen molar-refractivity contribution in [1.29, 1.82) is 0 Å². The summed E-state index contributed by atoms with van der Waals surface area (Å²) >= 11 is 4.84. The van der Waals surface area contributed by atoms with E-state index in [1.807, 2.05) is 0 Å². The third-order valence-electron chi connectivity index (χ3n) is 3.31. The number of nitro groups is 2. The van der Waals surface area contributed by atoms with E-state index < -0.39 is 34.0 Å². The number of rotatable bonds is 6. The number of nitrogens with zero attached hydrogens (tertiary/aromatic N) is 2. The van der Waals surface area contributed by atoms with Crippen LogP contribution in [0.15, 0.2) is 48.5 Å². The molecule has 2 aromatic rings. The minimum absolute atomic E-state index is 0.122. The smallest absolute Gasteiger partial charge is 0.282 e. The van der Waals surface area contributed by atoms with Gasteiger partial charge in [-0.2, -0.15) is 0 Å². The van der Waals surface area contributed by atoms with E-state index in [4.69, 9.17) is 17.0 Å². The zero-order valence-corrected chi connectivity index (χ0v) is 15.3. The van der Waals surface area contributed by atoms with Gasteiger partial charge in [0.15, 0.2) is 11.7 Å². The molecule has 150 valence electrons. The van der Waals surface area contributed by atoms with Gasteiger partial charge in [-0.3, -0.25) is 46.0 Å². The van der Waals surface area contributed by atoms with Gasteiger partial charge in [0, 0.05) is 18.2 Å². The molecule has 2 amide bonds. The number of thiocarbonyl (C=S) groups is 1. The molecule has 0 radical (unpaired) electrons. The highest BCUT2D eigenvalue weighted by molar-refractivity contribution is 7.80. The van der Waals surface area contributed by atoms with E-state index in [1.165, 1.54) is 48.5 Å². The van der Waals surface area contributed by atoms with Gasteiger partial charge in [0.25, 0.3) is 23.2 Å². The maximum atomic E-state index is 12.1. The Bertz CT molecular complexity index is 964. The normalized spacial score (nSPS) is 9.79. The molecule has 2 aromatic carbocycles. The molecule has 13 heteroatoms. The lowest BCUT2D eigenvalue weighted by Crippen LogP contribution is -2.49. The maximum absolute atomic E-state index is 12.1. The first-order valence-electron chi connectivity index (χ1n) is 7.78. The van der Waals surface area contributed by atoms with Crippen LogP contribution in [0.2, 0.25) is 0 Å². The Labute approximate surface area is 168 Å². The average molecular weight is 419 g/mol. The minimum Gasteiger partial charge on any atom is -0.484 e. The second-order valence-corrected chi connectivity index (χ2v) is 5.68. The molecule has 3 N–H and O–H groups in total. The molecule has 0 atom stereocenters. The number of carbonyl (C=O) groups excluding carboxylic acids is 2. The van der Waals surface area contributed by atoms with Crippen molar-refractivity contribution in [2.24, 2.45) is 0 Å². The molecule has 0 saturated heterocycles. The third kappa shape index (κ3) is 6.21. The van der Waals surface area contributed by atoms with Gasteiger partial charge in [0.1, 0.15) is 11.3 Å². The highest BCUT2D eigenvalue weighted by Gasteiger charge is 2.20. The summed E-state index contributed by atoms with van der Waals surface area (Å²) in [5.74, 6) is -1.25. The lowest BCUT2D eigenvalue weighted by Gasteiger charge is -2.11. The van der Waals surface area contributed by atoms with Crippen molar-refractivity contribution in [3.05, 3.63) is 74.3 Å². The number of amides is 2. The molecule has 0 aliphatic heterocycles. The van der Waals surface area contributed by atoms with Gasteiger partial charge in [0.05, 0.1) is 9.85 Å². The van der Waals surface area contributed by atoms with Crippen molar-refractivity contribution in [2.45, 2.75) is 0 Å². The van der Waals surface area contributed by atoms with Gasteiger partial charge < -0.3 is 4.74 Å². The van der Waals surface area contributed by atoms with Crippen molar-refractivity contribution in [3.63, 3.8) is 0 Å². The summed E-state index contributed by atoms with van der Waals surface area (Å²) in [6.07, 6.45) is 0. The van der Waals surface area contributed by atoms with Crippen LogP contribution in [0.3, 0.4) is 0 Å². The predicted molar refractivity (Wildman–Crippen MR) is 103 cm³/mol. The SMILES string of the molecule is O=C(COc1ccc([N+](=O)[O-])cc1)NNC(=S)NC(=O)c1ccccc1[N+](=O)[O-]. The van der Waals surface area contributed by atoms with Crippen LogP contribution in [0.1, 0.15) is 10.4 Å². The topological polar surface area (TPSA) is 166 Å². The van der Waals surface area contributed by atoms with Crippen LogP contribution in [-0.4, -0.2) is 33.4 Å². The summed E-state index contributed by atoms with van der Waals surface area (Å²) in [4.78, 5) is 44.0. The molecule has 0 spiro atoms. The number of nitrogens with one attached hydrogen (secondary N) is 3. The van der Waals surface area contributed by atoms with Crippen LogP contribution in [0, 0.1) is 20.2 Å². The highest BCUT2D eigenvalue weighted by atomic mass is 32.1. The Balaban J connectivity index is 1.80. The Morgan fingerprint density at radius 2 is 1.62 bits per heavy atom.